The van der Waals surface area contributed by atoms with Gasteiger partial charge in [0, 0.05) is 30.0 Å². The minimum atomic E-state index is -4.70. The lowest BCUT2D eigenvalue weighted by Crippen LogP contribution is -2.34. The number of hydrogen-bond donors (Lipinski definition) is 4. The summed E-state index contributed by atoms with van der Waals surface area (Å²) in [6.07, 6.45) is -0.0399. The Kier molecular flexibility index (Phi) is 8.20. The normalized spacial score (nSPS) is 16.7. The summed E-state index contributed by atoms with van der Waals surface area (Å²) in [7, 11) is 0. The molecule has 4 aromatic rings. The number of pyridine rings is 1. The number of ether oxygens (including phenoxy) is 1. The molecule has 2 aromatic carbocycles. The third-order valence-corrected chi connectivity index (χ3v) is 6.81. The number of nitrogen functional groups attached to an aromatic ring is 1. The van der Waals surface area contributed by atoms with E-state index >= 15 is 0 Å². The van der Waals surface area contributed by atoms with Crippen molar-refractivity contribution in [2.75, 3.05) is 16.4 Å². The van der Waals surface area contributed by atoms with Crippen LogP contribution in [0.1, 0.15) is 40.7 Å². The monoisotopic (exact) mass is 581 g/mol. The van der Waals surface area contributed by atoms with Gasteiger partial charge in [-0.15, -0.1) is 0 Å². The van der Waals surface area contributed by atoms with Crippen LogP contribution in [-0.4, -0.2) is 33.0 Å². The van der Waals surface area contributed by atoms with E-state index in [-0.39, 0.29) is 47.5 Å². The second kappa shape index (κ2) is 12.0. The summed E-state index contributed by atoms with van der Waals surface area (Å²) >= 11 is 0. The van der Waals surface area contributed by atoms with Crippen LogP contribution in [0.15, 0.2) is 67.0 Å². The molecule has 0 saturated heterocycles. The van der Waals surface area contributed by atoms with E-state index in [4.69, 9.17) is 16.2 Å². The largest absolute Gasteiger partial charge is 0.470 e. The highest BCUT2D eigenvalue weighted by atomic mass is 19.4. The summed E-state index contributed by atoms with van der Waals surface area (Å²) in [5, 5.41) is 5.40. The molecule has 2 aromatic heterocycles. The molecule has 5 rings (SSSR count). The number of anilines is 3. The Balaban J connectivity index is 1.31. The van der Waals surface area contributed by atoms with Crippen molar-refractivity contribution in [3.05, 3.63) is 89.5 Å². The van der Waals surface area contributed by atoms with Crippen LogP contribution in [0.3, 0.4) is 0 Å². The van der Waals surface area contributed by atoms with E-state index in [0.717, 1.165) is 48.6 Å². The van der Waals surface area contributed by atoms with Gasteiger partial charge in [-0.2, -0.15) is 13.2 Å². The zero-order valence-corrected chi connectivity index (χ0v) is 22.2. The van der Waals surface area contributed by atoms with Crippen molar-refractivity contribution < 1.29 is 27.1 Å². The first-order chi connectivity index (χ1) is 20.1. The first kappa shape index (κ1) is 28.7. The second-order valence-corrected chi connectivity index (χ2v) is 9.83. The van der Waals surface area contributed by atoms with Gasteiger partial charge in [0.05, 0.1) is 23.0 Å². The number of nitrogens with zero attached hydrogens (tertiary/aromatic N) is 3. The van der Waals surface area contributed by atoms with Crippen LogP contribution in [-0.2, 0) is 12.7 Å². The highest BCUT2D eigenvalue weighted by Gasteiger charge is 2.33. The lowest BCUT2D eigenvalue weighted by atomic mass is 10.1. The number of amides is 1. The molecule has 42 heavy (non-hydrogen) atoms. The van der Waals surface area contributed by atoms with Crippen LogP contribution in [0.25, 0.3) is 11.3 Å². The van der Waals surface area contributed by atoms with E-state index in [9.17, 15) is 22.4 Å². The predicted octanol–water partition coefficient (Wildman–Crippen LogP) is 5.40. The molecule has 0 radical (unpaired) electrons. The summed E-state index contributed by atoms with van der Waals surface area (Å²) in [6, 6.07) is 12.6. The summed E-state index contributed by atoms with van der Waals surface area (Å²) in [4.78, 5) is 25.5. The Bertz CT molecular complexity index is 1560. The topological polar surface area (TPSA) is 141 Å². The maximum Gasteiger partial charge on any atom is 0.417 e. The summed E-state index contributed by atoms with van der Waals surface area (Å²) < 4.78 is 59.2. The fourth-order valence-electron chi connectivity index (χ4n) is 4.50. The van der Waals surface area contributed by atoms with Crippen LogP contribution in [0.2, 0.25) is 0 Å². The van der Waals surface area contributed by atoms with Gasteiger partial charge < -0.3 is 26.8 Å². The van der Waals surface area contributed by atoms with Gasteiger partial charge in [-0.25, -0.2) is 19.3 Å². The molecule has 1 amide bonds. The fourth-order valence-corrected chi connectivity index (χ4v) is 4.50. The Morgan fingerprint density at radius 2 is 1.76 bits per heavy atom. The van der Waals surface area contributed by atoms with E-state index < -0.39 is 23.5 Å². The number of halogens is 4. The van der Waals surface area contributed by atoms with E-state index in [1.54, 1.807) is 24.3 Å². The van der Waals surface area contributed by atoms with Crippen molar-refractivity contribution in [3.8, 4) is 17.1 Å². The average molecular weight is 582 g/mol. The van der Waals surface area contributed by atoms with Crippen LogP contribution in [0.4, 0.5) is 34.9 Å². The van der Waals surface area contributed by atoms with Crippen molar-refractivity contribution in [1.82, 2.24) is 15.0 Å². The maximum absolute atomic E-state index is 13.4. The number of carbonyl (C=O) groups is 1. The molecule has 1 aliphatic carbocycles. The number of carbonyl (C=O) groups excluding carboxylic acids is 1. The summed E-state index contributed by atoms with van der Waals surface area (Å²) in [6.45, 7) is 0.150. The summed E-state index contributed by atoms with van der Waals surface area (Å²) in [5.74, 6) is -1.02. The van der Waals surface area contributed by atoms with Gasteiger partial charge in [-0.3, -0.25) is 4.79 Å². The first-order valence-electron chi connectivity index (χ1n) is 13.1. The molecule has 1 fully saturated rings. The number of hydrogen-bond acceptors (Lipinski definition) is 8. The molecule has 1 saturated carbocycles. The number of benzene rings is 2. The molecule has 0 spiro atoms. The lowest BCUT2D eigenvalue weighted by Gasteiger charge is -2.18. The molecule has 6 N–H and O–H groups in total. The lowest BCUT2D eigenvalue weighted by molar-refractivity contribution is -0.137. The minimum Gasteiger partial charge on any atom is -0.470 e. The van der Waals surface area contributed by atoms with Gasteiger partial charge in [0.25, 0.3) is 11.8 Å². The fraction of sp³-hybridized carbons (Fsp3) is 0.241. The molecule has 218 valence electrons. The van der Waals surface area contributed by atoms with Crippen molar-refractivity contribution >= 4 is 23.2 Å². The highest BCUT2D eigenvalue weighted by molar-refractivity contribution is 6.07. The molecule has 2 heterocycles. The third-order valence-electron chi connectivity index (χ3n) is 6.81. The van der Waals surface area contributed by atoms with Gasteiger partial charge in [0.1, 0.15) is 17.7 Å². The molecule has 0 aliphatic heterocycles. The molecule has 13 heteroatoms. The zero-order chi connectivity index (χ0) is 29.9. The molecular weight excluding hydrogens is 554 g/mol. The van der Waals surface area contributed by atoms with Gasteiger partial charge in [0.15, 0.2) is 5.82 Å². The number of rotatable bonds is 8. The van der Waals surface area contributed by atoms with E-state index in [1.807, 2.05) is 0 Å². The van der Waals surface area contributed by atoms with Crippen molar-refractivity contribution in [3.63, 3.8) is 0 Å². The quantitative estimate of drug-likeness (QED) is 0.203. The molecule has 2 atom stereocenters. The zero-order valence-electron chi connectivity index (χ0n) is 22.2. The Hall–Kier alpha value is -4.78. The maximum atomic E-state index is 13.4. The Morgan fingerprint density at radius 3 is 2.43 bits per heavy atom. The van der Waals surface area contributed by atoms with E-state index in [2.05, 4.69) is 25.6 Å². The molecule has 0 bridgehead atoms. The third kappa shape index (κ3) is 6.74. The standard InChI is InChI=1S/C29H27F4N7O2/c30-19-8-10-20(11-9-19)39-27(41)21-12-18(29(31,32)33)14-38-26(21)37-13-16-4-6-17(7-5-16)23-15-36-25(35)28(40-23)42-24-3-1-2-22(24)34/h4-12,14-15,22,24H,1-3,13,34H2,(H2,35,36)(H,37,38)(H,39,41)/t22-,24-/m1/s1. The van der Waals surface area contributed by atoms with Crippen LogP contribution in [0, 0.1) is 5.82 Å². The minimum absolute atomic E-state index is 0.0528. The van der Waals surface area contributed by atoms with Crippen LogP contribution >= 0.6 is 0 Å². The SMILES string of the molecule is Nc1ncc(-c2ccc(CNc3ncc(C(F)(F)F)cc3C(=O)Nc3ccc(F)cc3)cc2)nc1O[C@@H]1CCC[C@H]1N. The first-order valence-corrected chi connectivity index (χ1v) is 13.1. The number of alkyl halides is 3. The predicted molar refractivity (Wildman–Crippen MR) is 149 cm³/mol. The number of nitrogens with two attached hydrogens (primary N) is 2. The van der Waals surface area contributed by atoms with Crippen LogP contribution in [0.5, 0.6) is 5.88 Å². The molecule has 9 nitrogen and oxygen atoms in total. The smallest absolute Gasteiger partial charge is 0.417 e. The van der Waals surface area contributed by atoms with Crippen LogP contribution < -0.4 is 26.8 Å². The van der Waals surface area contributed by atoms with Gasteiger partial charge in [-0.05, 0) is 55.2 Å². The number of aromatic nitrogens is 3. The van der Waals surface area contributed by atoms with Crippen molar-refractivity contribution in [2.45, 2.75) is 44.1 Å². The average Bonchev–Trinajstić information content (AvgIpc) is 3.38. The molecular formula is C29H27F4N7O2. The Labute approximate surface area is 238 Å². The van der Waals surface area contributed by atoms with E-state index in [0.29, 0.717) is 11.9 Å². The van der Waals surface area contributed by atoms with Crippen molar-refractivity contribution in [2.24, 2.45) is 5.73 Å². The molecule has 0 unspecified atom stereocenters. The van der Waals surface area contributed by atoms with Crippen molar-refractivity contribution in [1.29, 1.82) is 0 Å². The Morgan fingerprint density at radius 1 is 1.02 bits per heavy atom. The molecule has 1 aliphatic rings. The second-order valence-electron chi connectivity index (χ2n) is 9.83. The number of nitrogens with one attached hydrogen (secondary N) is 2. The van der Waals surface area contributed by atoms with Gasteiger partial charge >= 0.3 is 6.18 Å². The van der Waals surface area contributed by atoms with Gasteiger partial charge in [-0.1, -0.05) is 24.3 Å². The van der Waals surface area contributed by atoms with E-state index in [1.165, 1.54) is 18.3 Å². The summed E-state index contributed by atoms with van der Waals surface area (Å²) in [5.41, 5.74) is 12.9. The highest BCUT2D eigenvalue weighted by Crippen LogP contribution is 2.32. The van der Waals surface area contributed by atoms with Gasteiger partial charge in [0.2, 0.25) is 0 Å².